The number of ether oxygens (including phenoxy) is 1. The summed E-state index contributed by atoms with van der Waals surface area (Å²) in [4.78, 5) is 18.7. The van der Waals surface area contributed by atoms with Crippen LogP contribution >= 0.6 is 23.2 Å². The summed E-state index contributed by atoms with van der Waals surface area (Å²) in [5, 5.41) is 0.922. The van der Waals surface area contributed by atoms with Crippen LogP contribution in [0.3, 0.4) is 0 Å². The van der Waals surface area contributed by atoms with E-state index in [4.69, 9.17) is 27.9 Å². The fourth-order valence-corrected chi connectivity index (χ4v) is 3.16. The molecule has 2 aromatic carbocycles. The molecule has 5 nitrogen and oxygen atoms in total. The number of rotatable bonds is 3. The van der Waals surface area contributed by atoms with Crippen molar-refractivity contribution >= 4 is 46.1 Å². The summed E-state index contributed by atoms with van der Waals surface area (Å²) in [6, 6.07) is 12.7. The third-order valence-corrected chi connectivity index (χ3v) is 4.52. The maximum absolute atomic E-state index is 12.5. The molecule has 24 heavy (non-hydrogen) atoms. The van der Waals surface area contributed by atoms with E-state index in [0.717, 1.165) is 17.6 Å². The Morgan fingerprint density at radius 2 is 2.00 bits per heavy atom. The molecule has 122 valence electrons. The Kier molecular flexibility index (Phi) is 3.82. The number of hydrogen-bond donors (Lipinski definition) is 0. The molecule has 0 radical (unpaired) electrons. The van der Waals surface area contributed by atoms with Crippen LogP contribution in [0.2, 0.25) is 10.0 Å². The molecular weight excluding hydrogens is 349 g/mol. The predicted octanol–water partition coefficient (Wildman–Crippen LogP) is 3.77. The van der Waals surface area contributed by atoms with E-state index in [1.54, 1.807) is 23.1 Å². The lowest BCUT2D eigenvalue weighted by Crippen LogP contribution is -2.33. The number of carbonyl (C=O) groups is 1. The van der Waals surface area contributed by atoms with Gasteiger partial charge in [0.1, 0.15) is 5.75 Å². The first-order valence-corrected chi connectivity index (χ1v) is 8.22. The fourth-order valence-electron chi connectivity index (χ4n) is 2.83. The predicted molar refractivity (Wildman–Crippen MR) is 94.0 cm³/mol. The summed E-state index contributed by atoms with van der Waals surface area (Å²) in [7, 11) is 0. The highest BCUT2D eigenvalue weighted by Crippen LogP contribution is 2.29. The number of benzene rings is 2. The average Bonchev–Trinajstić information content (AvgIpc) is 3.14. The van der Waals surface area contributed by atoms with Gasteiger partial charge in [0.05, 0.1) is 16.1 Å². The molecule has 0 saturated heterocycles. The van der Waals surface area contributed by atoms with Crippen LogP contribution in [0.5, 0.6) is 5.75 Å². The molecule has 1 aliphatic rings. The molecule has 7 heteroatoms. The highest BCUT2D eigenvalue weighted by Gasteiger charge is 2.28. The monoisotopic (exact) mass is 361 g/mol. The second-order valence-electron chi connectivity index (χ2n) is 5.46. The lowest BCUT2D eigenvalue weighted by Gasteiger charge is -2.15. The minimum Gasteiger partial charge on any atom is -0.482 e. The van der Waals surface area contributed by atoms with Gasteiger partial charge in [0.2, 0.25) is 5.95 Å². The Labute approximate surface area is 148 Å². The van der Waals surface area contributed by atoms with Gasteiger partial charge in [0.15, 0.2) is 6.61 Å². The van der Waals surface area contributed by atoms with Crippen LogP contribution in [0.15, 0.2) is 42.5 Å². The summed E-state index contributed by atoms with van der Waals surface area (Å²) in [6.07, 6.45) is 0. The van der Waals surface area contributed by atoms with Crippen molar-refractivity contribution in [2.75, 3.05) is 18.1 Å². The van der Waals surface area contributed by atoms with Gasteiger partial charge in [-0.3, -0.25) is 9.69 Å². The van der Waals surface area contributed by atoms with Crippen LogP contribution in [0, 0.1) is 0 Å². The number of fused-ring (bicyclic) bond motifs is 3. The molecular formula is C17H13Cl2N3O2. The van der Waals surface area contributed by atoms with E-state index in [1.165, 1.54) is 0 Å². The summed E-state index contributed by atoms with van der Waals surface area (Å²) < 4.78 is 7.58. The molecule has 0 aliphatic carbocycles. The number of halogens is 2. The van der Waals surface area contributed by atoms with Gasteiger partial charge in [-0.15, -0.1) is 0 Å². The number of para-hydroxylation sites is 2. The Bertz CT molecular complexity index is 939. The standard InChI is InChI=1S/C17H13Cl2N3O2/c18-11-5-6-12(19)15(9-11)24-10-16(23)22-8-7-21-14-4-2-1-3-13(14)20-17(21)22/h1-6,9H,7-8,10H2. The van der Waals surface area contributed by atoms with Crippen molar-refractivity contribution in [3.05, 3.63) is 52.5 Å². The zero-order valence-corrected chi connectivity index (χ0v) is 14.1. The van der Waals surface area contributed by atoms with Gasteiger partial charge in [0.25, 0.3) is 5.91 Å². The van der Waals surface area contributed by atoms with Crippen molar-refractivity contribution in [1.82, 2.24) is 9.55 Å². The van der Waals surface area contributed by atoms with Gasteiger partial charge >= 0.3 is 0 Å². The Morgan fingerprint density at radius 1 is 1.17 bits per heavy atom. The molecule has 0 spiro atoms. The normalized spacial score (nSPS) is 13.3. The Morgan fingerprint density at radius 3 is 2.88 bits per heavy atom. The van der Waals surface area contributed by atoms with Gasteiger partial charge in [-0.2, -0.15) is 0 Å². The highest BCUT2D eigenvalue weighted by atomic mass is 35.5. The first-order valence-electron chi connectivity index (χ1n) is 7.47. The maximum Gasteiger partial charge on any atom is 0.267 e. The molecule has 1 aromatic heterocycles. The van der Waals surface area contributed by atoms with E-state index >= 15 is 0 Å². The van der Waals surface area contributed by atoms with Gasteiger partial charge in [-0.05, 0) is 24.3 Å². The minimum absolute atomic E-state index is 0.122. The zero-order valence-electron chi connectivity index (χ0n) is 12.6. The number of hydrogen-bond acceptors (Lipinski definition) is 3. The molecule has 0 unspecified atom stereocenters. The molecule has 4 rings (SSSR count). The van der Waals surface area contributed by atoms with Crippen LogP contribution in [-0.4, -0.2) is 28.6 Å². The molecule has 0 atom stereocenters. The fraction of sp³-hybridized carbons (Fsp3) is 0.176. The highest BCUT2D eigenvalue weighted by molar-refractivity contribution is 6.34. The van der Waals surface area contributed by atoms with E-state index < -0.39 is 0 Å². The van der Waals surface area contributed by atoms with Gasteiger partial charge in [-0.1, -0.05) is 35.3 Å². The maximum atomic E-state index is 12.5. The topological polar surface area (TPSA) is 47.4 Å². The molecule has 1 amide bonds. The Hall–Kier alpha value is -2.24. The summed E-state index contributed by atoms with van der Waals surface area (Å²) >= 11 is 12.0. The summed E-state index contributed by atoms with van der Waals surface area (Å²) in [5.74, 6) is 0.882. The zero-order chi connectivity index (χ0) is 16.7. The van der Waals surface area contributed by atoms with Crippen molar-refractivity contribution in [3.63, 3.8) is 0 Å². The molecule has 2 heterocycles. The number of aromatic nitrogens is 2. The van der Waals surface area contributed by atoms with E-state index in [9.17, 15) is 4.79 Å². The molecule has 0 fully saturated rings. The number of imidazole rings is 1. The molecule has 3 aromatic rings. The first-order chi connectivity index (χ1) is 11.6. The SMILES string of the molecule is O=C(COc1cc(Cl)ccc1Cl)N1CCn2c1nc1ccccc12. The molecule has 0 bridgehead atoms. The Balaban J connectivity index is 1.53. The molecule has 0 saturated carbocycles. The van der Waals surface area contributed by atoms with Crippen LogP contribution in [-0.2, 0) is 11.3 Å². The van der Waals surface area contributed by atoms with Crippen LogP contribution in [0.4, 0.5) is 5.95 Å². The van der Waals surface area contributed by atoms with Crippen LogP contribution in [0.25, 0.3) is 11.0 Å². The van der Waals surface area contributed by atoms with E-state index in [0.29, 0.717) is 28.3 Å². The van der Waals surface area contributed by atoms with Gasteiger partial charge < -0.3 is 9.30 Å². The smallest absolute Gasteiger partial charge is 0.267 e. The van der Waals surface area contributed by atoms with Crippen molar-refractivity contribution in [2.24, 2.45) is 0 Å². The third-order valence-electron chi connectivity index (χ3n) is 3.97. The van der Waals surface area contributed by atoms with Crippen LogP contribution < -0.4 is 9.64 Å². The second-order valence-corrected chi connectivity index (χ2v) is 6.30. The van der Waals surface area contributed by atoms with E-state index in [-0.39, 0.29) is 12.5 Å². The summed E-state index contributed by atoms with van der Waals surface area (Å²) in [5.41, 5.74) is 1.91. The van der Waals surface area contributed by atoms with E-state index in [2.05, 4.69) is 4.98 Å². The number of anilines is 1. The second kappa shape index (κ2) is 6.00. The number of nitrogens with zero attached hydrogens (tertiary/aromatic N) is 3. The quantitative estimate of drug-likeness (QED) is 0.713. The third kappa shape index (κ3) is 2.60. The first kappa shape index (κ1) is 15.3. The van der Waals surface area contributed by atoms with Gasteiger partial charge in [-0.25, -0.2) is 4.98 Å². The summed E-state index contributed by atoms with van der Waals surface area (Å²) in [6.45, 7) is 1.18. The van der Waals surface area contributed by atoms with E-state index in [1.807, 2.05) is 28.8 Å². The van der Waals surface area contributed by atoms with Crippen molar-refractivity contribution in [1.29, 1.82) is 0 Å². The number of carbonyl (C=O) groups excluding carboxylic acids is 1. The lowest BCUT2D eigenvalue weighted by atomic mass is 10.3. The minimum atomic E-state index is -0.167. The van der Waals surface area contributed by atoms with Crippen molar-refractivity contribution in [2.45, 2.75) is 6.54 Å². The van der Waals surface area contributed by atoms with Gasteiger partial charge in [0, 0.05) is 24.2 Å². The van der Waals surface area contributed by atoms with Crippen molar-refractivity contribution < 1.29 is 9.53 Å². The molecule has 0 N–H and O–H groups in total. The number of amides is 1. The van der Waals surface area contributed by atoms with Crippen LogP contribution in [0.1, 0.15) is 0 Å². The largest absolute Gasteiger partial charge is 0.482 e. The average molecular weight is 362 g/mol. The molecule has 1 aliphatic heterocycles. The van der Waals surface area contributed by atoms with Crippen molar-refractivity contribution in [3.8, 4) is 5.75 Å². The lowest BCUT2D eigenvalue weighted by molar-refractivity contribution is -0.120.